The lowest BCUT2D eigenvalue weighted by Gasteiger charge is -2.09. The third-order valence-electron chi connectivity index (χ3n) is 4.46. The van der Waals surface area contributed by atoms with E-state index >= 15 is 0 Å². The normalized spacial score (nSPS) is 11.6. The molecular weight excluding hydrogens is 370 g/mol. The van der Waals surface area contributed by atoms with Crippen LogP contribution in [0.25, 0.3) is 22.7 Å². The van der Waals surface area contributed by atoms with Crippen LogP contribution < -0.4 is 9.47 Å². The molecule has 29 heavy (non-hydrogen) atoms. The Morgan fingerprint density at radius 3 is 2.45 bits per heavy atom. The number of carbonyl (C=O) groups excluding carboxylic acids is 1. The van der Waals surface area contributed by atoms with Crippen molar-refractivity contribution in [3.63, 3.8) is 0 Å². The zero-order valence-corrected chi connectivity index (χ0v) is 16.3. The Hall–Kier alpha value is -3.80. The molecule has 6 nitrogen and oxygen atoms in total. The third-order valence-corrected chi connectivity index (χ3v) is 4.46. The zero-order valence-electron chi connectivity index (χ0n) is 16.3. The van der Waals surface area contributed by atoms with E-state index in [9.17, 15) is 4.79 Å². The Bertz CT molecular complexity index is 1180. The molecule has 4 aromatic rings. The molecule has 146 valence electrons. The maximum Gasteiger partial charge on any atom is 0.231 e. The predicted octanol–water partition coefficient (Wildman–Crippen LogP) is 5.17. The monoisotopic (exact) mass is 389 g/mol. The molecule has 4 rings (SSSR count). The van der Waals surface area contributed by atoms with Gasteiger partial charge in [0.05, 0.1) is 19.8 Å². The molecule has 2 aromatic heterocycles. The summed E-state index contributed by atoms with van der Waals surface area (Å²) in [5.41, 5.74) is 1.97. The van der Waals surface area contributed by atoms with Crippen LogP contribution in [0.5, 0.6) is 11.5 Å². The van der Waals surface area contributed by atoms with Gasteiger partial charge in [-0.25, -0.2) is 4.98 Å². The van der Waals surface area contributed by atoms with E-state index < -0.39 is 0 Å². The predicted molar refractivity (Wildman–Crippen MR) is 109 cm³/mol. The van der Waals surface area contributed by atoms with Gasteiger partial charge in [0, 0.05) is 5.56 Å². The summed E-state index contributed by atoms with van der Waals surface area (Å²) in [5.74, 6) is 2.23. The van der Waals surface area contributed by atoms with Crippen molar-refractivity contribution >= 4 is 28.5 Å². The van der Waals surface area contributed by atoms with Crippen LogP contribution >= 0.6 is 0 Å². The highest BCUT2D eigenvalue weighted by Gasteiger charge is 2.22. The summed E-state index contributed by atoms with van der Waals surface area (Å²) < 4.78 is 22.1. The molecule has 0 aliphatic rings. The quantitative estimate of drug-likeness (QED) is 0.334. The van der Waals surface area contributed by atoms with Gasteiger partial charge in [0.25, 0.3) is 0 Å². The number of methoxy groups -OCH3 is 2. The van der Waals surface area contributed by atoms with Gasteiger partial charge >= 0.3 is 0 Å². The Kier molecular flexibility index (Phi) is 4.91. The second-order valence-corrected chi connectivity index (χ2v) is 6.39. The number of fused-ring (bicyclic) bond motifs is 1. The summed E-state index contributed by atoms with van der Waals surface area (Å²) in [5, 5.41) is 0. The fraction of sp³-hybridized carbons (Fsp3) is 0.130. The molecule has 0 bridgehead atoms. The lowest BCUT2D eigenvalue weighted by molar-refractivity contribution is 0.105. The van der Waals surface area contributed by atoms with Crippen LogP contribution in [0.4, 0.5) is 0 Å². The van der Waals surface area contributed by atoms with E-state index in [0.717, 1.165) is 5.76 Å². The fourth-order valence-electron chi connectivity index (χ4n) is 3.02. The minimum absolute atomic E-state index is 0.222. The van der Waals surface area contributed by atoms with Crippen LogP contribution in [-0.2, 0) is 0 Å². The molecule has 0 aliphatic heterocycles. The van der Waals surface area contributed by atoms with E-state index in [2.05, 4.69) is 4.98 Å². The van der Waals surface area contributed by atoms with Gasteiger partial charge in [-0.15, -0.1) is 0 Å². The molecule has 2 heterocycles. The first-order valence-corrected chi connectivity index (χ1v) is 9.00. The number of oxazole rings is 1. The van der Waals surface area contributed by atoms with Gasteiger partial charge < -0.3 is 18.3 Å². The minimum atomic E-state index is -0.272. The summed E-state index contributed by atoms with van der Waals surface area (Å²) in [4.78, 5) is 17.9. The van der Waals surface area contributed by atoms with Gasteiger partial charge in [0.2, 0.25) is 5.89 Å². The zero-order chi connectivity index (χ0) is 20.4. The largest absolute Gasteiger partial charge is 0.493 e. The highest BCUT2D eigenvalue weighted by atomic mass is 16.5. The molecule has 0 saturated carbocycles. The molecule has 0 N–H and O–H groups in total. The molecular formula is C23H19NO5. The second kappa shape index (κ2) is 7.67. The van der Waals surface area contributed by atoms with E-state index in [1.165, 1.54) is 7.11 Å². The van der Waals surface area contributed by atoms with E-state index in [4.69, 9.17) is 18.3 Å². The Labute approximate surface area is 167 Å². The Balaban J connectivity index is 1.84. The Morgan fingerprint density at radius 2 is 1.76 bits per heavy atom. The molecule has 2 aromatic carbocycles. The van der Waals surface area contributed by atoms with Crippen molar-refractivity contribution in [1.29, 1.82) is 0 Å². The molecule has 0 aliphatic carbocycles. The van der Waals surface area contributed by atoms with Crippen molar-refractivity contribution in [3.05, 3.63) is 77.6 Å². The molecule has 0 spiro atoms. The SMILES string of the molecule is COc1ccc(C(=O)C(=Cc2ccc(C)o2)c2nc3ccccc3o2)cc1OC. The van der Waals surface area contributed by atoms with Crippen LogP contribution in [0.3, 0.4) is 0 Å². The van der Waals surface area contributed by atoms with Crippen molar-refractivity contribution in [1.82, 2.24) is 4.98 Å². The number of rotatable bonds is 6. The topological polar surface area (TPSA) is 74.7 Å². The van der Waals surface area contributed by atoms with E-state index in [1.807, 2.05) is 31.2 Å². The number of aryl methyl sites for hydroxylation is 1. The number of aromatic nitrogens is 1. The first-order valence-electron chi connectivity index (χ1n) is 9.00. The van der Waals surface area contributed by atoms with E-state index in [1.54, 1.807) is 43.5 Å². The molecule has 6 heteroatoms. The lowest BCUT2D eigenvalue weighted by atomic mass is 10.0. The summed E-state index contributed by atoms with van der Waals surface area (Å²) >= 11 is 0. The number of allylic oxidation sites excluding steroid dienone is 1. The molecule has 0 atom stereocenters. The summed E-state index contributed by atoms with van der Waals surface area (Å²) in [6, 6.07) is 16.0. The average Bonchev–Trinajstić information content (AvgIpc) is 3.36. The van der Waals surface area contributed by atoms with Crippen molar-refractivity contribution in [2.75, 3.05) is 14.2 Å². The van der Waals surface area contributed by atoms with Crippen LogP contribution in [-0.4, -0.2) is 25.0 Å². The van der Waals surface area contributed by atoms with Crippen molar-refractivity contribution in [2.45, 2.75) is 6.92 Å². The number of ether oxygens (including phenoxy) is 2. The summed E-state index contributed by atoms with van der Waals surface area (Å²) in [6.07, 6.45) is 1.64. The number of ketones is 1. The van der Waals surface area contributed by atoms with Crippen LogP contribution in [0.15, 0.2) is 63.4 Å². The first kappa shape index (κ1) is 18.6. The van der Waals surface area contributed by atoms with Gasteiger partial charge in [0.15, 0.2) is 22.9 Å². The molecule has 0 unspecified atom stereocenters. The second-order valence-electron chi connectivity index (χ2n) is 6.39. The number of hydrogen-bond acceptors (Lipinski definition) is 6. The third kappa shape index (κ3) is 3.65. The molecule has 0 saturated heterocycles. The fourth-order valence-corrected chi connectivity index (χ4v) is 3.02. The van der Waals surface area contributed by atoms with Crippen LogP contribution in [0.1, 0.15) is 27.8 Å². The standard InChI is InChI=1S/C23H19NO5/c1-14-8-10-16(28-14)13-17(23-24-18-6-4-5-7-19(18)29-23)22(25)15-9-11-20(26-2)21(12-15)27-3/h4-13H,1-3H3. The number of para-hydroxylation sites is 2. The Morgan fingerprint density at radius 1 is 0.966 bits per heavy atom. The first-order chi connectivity index (χ1) is 14.1. The van der Waals surface area contributed by atoms with E-state index in [0.29, 0.717) is 33.9 Å². The van der Waals surface area contributed by atoms with Crippen LogP contribution in [0.2, 0.25) is 0 Å². The van der Waals surface area contributed by atoms with Crippen molar-refractivity contribution < 1.29 is 23.1 Å². The van der Waals surface area contributed by atoms with Gasteiger partial charge in [-0.3, -0.25) is 4.79 Å². The van der Waals surface area contributed by atoms with Crippen molar-refractivity contribution in [3.8, 4) is 11.5 Å². The molecule has 0 radical (unpaired) electrons. The highest BCUT2D eigenvalue weighted by molar-refractivity contribution is 6.31. The van der Waals surface area contributed by atoms with Crippen molar-refractivity contribution in [2.24, 2.45) is 0 Å². The average molecular weight is 389 g/mol. The highest BCUT2D eigenvalue weighted by Crippen LogP contribution is 2.31. The number of benzene rings is 2. The molecule has 0 fully saturated rings. The number of nitrogens with zero attached hydrogens (tertiary/aromatic N) is 1. The number of Topliss-reactive ketones (excluding diaryl/α,β-unsaturated/α-hetero) is 1. The van der Waals surface area contributed by atoms with Gasteiger partial charge in [0.1, 0.15) is 17.0 Å². The summed E-state index contributed by atoms with van der Waals surface area (Å²) in [6.45, 7) is 1.84. The number of carbonyl (C=O) groups is 1. The van der Waals surface area contributed by atoms with Gasteiger partial charge in [-0.2, -0.15) is 0 Å². The maximum atomic E-state index is 13.4. The van der Waals surface area contributed by atoms with Gasteiger partial charge in [-0.05, 0) is 55.5 Å². The lowest BCUT2D eigenvalue weighted by Crippen LogP contribution is -2.04. The minimum Gasteiger partial charge on any atom is -0.493 e. The molecule has 0 amide bonds. The van der Waals surface area contributed by atoms with Gasteiger partial charge in [-0.1, -0.05) is 12.1 Å². The van der Waals surface area contributed by atoms with E-state index in [-0.39, 0.29) is 17.2 Å². The smallest absolute Gasteiger partial charge is 0.231 e. The summed E-state index contributed by atoms with van der Waals surface area (Å²) in [7, 11) is 3.07. The number of hydrogen-bond donors (Lipinski definition) is 0. The van der Waals surface area contributed by atoms with Crippen LogP contribution in [0, 0.1) is 6.92 Å². The number of furan rings is 1. The maximum absolute atomic E-state index is 13.4.